The molecule has 0 bridgehead atoms. The summed E-state index contributed by atoms with van der Waals surface area (Å²) < 4.78 is 6.12. The second kappa shape index (κ2) is 6.39. The average molecular weight is 182 g/mol. The van der Waals surface area contributed by atoms with E-state index in [0.717, 1.165) is 0 Å². The van der Waals surface area contributed by atoms with Crippen molar-refractivity contribution in [2.24, 2.45) is 0 Å². The van der Waals surface area contributed by atoms with Crippen LogP contribution < -0.4 is 0 Å². The molecule has 10 heavy (non-hydrogen) atoms. The van der Waals surface area contributed by atoms with Gasteiger partial charge in [-0.1, -0.05) is 0 Å². The first-order valence-electron chi connectivity index (χ1n) is 4.24. The summed E-state index contributed by atoms with van der Waals surface area (Å²) in [5.41, 5.74) is 0. The molecule has 0 saturated carbocycles. The second-order valence-corrected chi connectivity index (χ2v) is 12.0. The Hall–Kier alpha value is 0.674. The minimum Gasteiger partial charge on any atom is -0.412 e. The standard InChI is InChI=1S/4C2H5.H2O.Ti/c4*1-2;;/h4*1H2,2H3;1H2;. The monoisotopic (exact) mass is 182 g/mol. The fourth-order valence-electron chi connectivity index (χ4n) is 1.50. The van der Waals surface area contributed by atoms with E-state index in [2.05, 4.69) is 27.7 Å². The third kappa shape index (κ3) is 3.18. The zero-order valence-corrected chi connectivity index (χ0v) is 9.39. The van der Waals surface area contributed by atoms with Crippen molar-refractivity contribution in [1.82, 2.24) is 0 Å². The van der Waals surface area contributed by atoms with Gasteiger partial charge in [0.25, 0.3) is 0 Å². The maximum absolute atomic E-state index is 2.39. The molecule has 0 aromatic carbocycles. The Morgan fingerprint density at radius 2 is 0.900 bits per heavy atom. The van der Waals surface area contributed by atoms with Crippen molar-refractivity contribution in [3.63, 3.8) is 0 Å². The Kier molecular flexibility index (Phi) is 8.48. The molecule has 0 saturated heterocycles. The van der Waals surface area contributed by atoms with Crippen LogP contribution in [-0.4, -0.2) is 5.48 Å². The van der Waals surface area contributed by atoms with Gasteiger partial charge in [-0.05, 0) is 0 Å². The predicted octanol–water partition coefficient (Wildman–Crippen LogP) is 3.07. The van der Waals surface area contributed by atoms with E-state index in [1.54, 1.807) is 0 Å². The van der Waals surface area contributed by atoms with Gasteiger partial charge in [0, 0.05) is 0 Å². The maximum Gasteiger partial charge on any atom is -0.412 e. The molecule has 0 aromatic heterocycles. The van der Waals surface area contributed by atoms with Gasteiger partial charge in [0.1, 0.15) is 0 Å². The molecule has 2 heteroatoms. The minimum atomic E-state index is -1.17. The molecule has 0 aliphatic carbocycles. The predicted molar refractivity (Wildman–Crippen MR) is 45.5 cm³/mol. The van der Waals surface area contributed by atoms with Crippen molar-refractivity contribution in [3.05, 3.63) is 0 Å². The van der Waals surface area contributed by atoms with Gasteiger partial charge in [-0.25, -0.2) is 0 Å². The van der Waals surface area contributed by atoms with Gasteiger partial charge in [-0.15, -0.1) is 0 Å². The molecule has 0 heterocycles. The van der Waals surface area contributed by atoms with Crippen molar-refractivity contribution in [3.8, 4) is 0 Å². The van der Waals surface area contributed by atoms with Crippen LogP contribution in [0.1, 0.15) is 27.7 Å². The van der Waals surface area contributed by atoms with Gasteiger partial charge in [0.05, 0.1) is 0 Å². The summed E-state index contributed by atoms with van der Waals surface area (Å²) in [6, 6.07) is 0. The third-order valence-electron chi connectivity index (χ3n) is 3.00. The zero-order chi connectivity index (χ0) is 7.33. The van der Waals surface area contributed by atoms with Crippen LogP contribution in [0.5, 0.6) is 0 Å². The topological polar surface area (TPSA) is 31.5 Å². The van der Waals surface area contributed by atoms with E-state index >= 15 is 0 Å². The fraction of sp³-hybridized carbons (Fsp3) is 1.00. The molecule has 0 aromatic rings. The molecular formula is C8H22OTi. The quantitative estimate of drug-likeness (QED) is 0.598. The smallest absolute Gasteiger partial charge is 0.412 e. The summed E-state index contributed by atoms with van der Waals surface area (Å²) in [6.07, 6.45) is 0. The van der Waals surface area contributed by atoms with E-state index in [4.69, 9.17) is 0 Å². The largest absolute Gasteiger partial charge is 0.412 e. The molecule has 0 aliphatic rings. The van der Waals surface area contributed by atoms with E-state index in [1.165, 1.54) is 18.9 Å². The normalized spacial score (nSPS) is 10.8. The molecule has 0 rings (SSSR count). The summed E-state index contributed by atoms with van der Waals surface area (Å²) >= 11 is -1.17. The Bertz CT molecular complexity index is 52.1. The Balaban J connectivity index is 0. The van der Waals surface area contributed by atoms with E-state index in [0.29, 0.717) is 0 Å². The first-order chi connectivity index (χ1) is 4.24. The van der Waals surface area contributed by atoms with Crippen molar-refractivity contribution >= 4 is 0 Å². The third-order valence-corrected chi connectivity index (χ3v) is 12.4. The molecule has 2 N–H and O–H groups in total. The van der Waals surface area contributed by atoms with E-state index in [-0.39, 0.29) is 5.48 Å². The molecule has 0 aliphatic heterocycles. The Morgan fingerprint density at radius 3 is 0.900 bits per heavy atom. The molecule has 0 fully saturated rings. The van der Waals surface area contributed by atoms with Crippen LogP contribution >= 0.6 is 0 Å². The summed E-state index contributed by atoms with van der Waals surface area (Å²) in [5, 5.41) is 0. The van der Waals surface area contributed by atoms with Gasteiger partial charge in [0.2, 0.25) is 0 Å². The van der Waals surface area contributed by atoms with Crippen molar-refractivity contribution < 1.29 is 22.1 Å². The van der Waals surface area contributed by atoms with Gasteiger partial charge in [0.15, 0.2) is 0 Å². The average Bonchev–Trinajstić information content (AvgIpc) is 1.95. The first kappa shape index (κ1) is 13.3. The van der Waals surface area contributed by atoms with Crippen LogP contribution in [0, 0.1) is 0 Å². The number of rotatable bonds is 4. The van der Waals surface area contributed by atoms with E-state index < -0.39 is 16.6 Å². The van der Waals surface area contributed by atoms with Gasteiger partial charge < -0.3 is 5.48 Å². The Labute approximate surface area is 68.9 Å². The van der Waals surface area contributed by atoms with Gasteiger partial charge >= 0.3 is 63.2 Å². The van der Waals surface area contributed by atoms with Crippen LogP contribution in [-0.2, 0) is 16.6 Å². The number of hydrogen-bond acceptors (Lipinski definition) is 0. The second-order valence-electron chi connectivity index (χ2n) is 2.91. The molecule has 1 nitrogen and oxygen atoms in total. The van der Waals surface area contributed by atoms with Crippen molar-refractivity contribution in [2.45, 2.75) is 46.6 Å². The van der Waals surface area contributed by atoms with Crippen molar-refractivity contribution in [1.29, 1.82) is 0 Å². The van der Waals surface area contributed by atoms with Crippen LogP contribution in [0.2, 0.25) is 18.9 Å². The molecule has 0 amide bonds. The summed E-state index contributed by atoms with van der Waals surface area (Å²) in [7, 11) is 0. The molecule has 64 valence electrons. The molecule has 0 spiro atoms. The molecule has 0 unspecified atom stereocenters. The summed E-state index contributed by atoms with van der Waals surface area (Å²) in [4.78, 5) is 0. The zero-order valence-electron chi connectivity index (χ0n) is 7.83. The number of hydrogen-bond donors (Lipinski definition) is 0. The van der Waals surface area contributed by atoms with Gasteiger partial charge in [-0.3, -0.25) is 0 Å². The van der Waals surface area contributed by atoms with E-state index in [1.807, 2.05) is 0 Å². The van der Waals surface area contributed by atoms with Gasteiger partial charge in [-0.2, -0.15) is 0 Å². The minimum absolute atomic E-state index is 0. The maximum atomic E-state index is 2.39. The Morgan fingerprint density at radius 1 is 0.700 bits per heavy atom. The summed E-state index contributed by atoms with van der Waals surface area (Å²) in [5.74, 6) is 0. The molecule has 0 radical (unpaired) electrons. The van der Waals surface area contributed by atoms with E-state index in [9.17, 15) is 0 Å². The molecular weight excluding hydrogens is 160 g/mol. The first-order valence-corrected chi connectivity index (χ1v) is 8.66. The van der Waals surface area contributed by atoms with Crippen LogP contribution in [0.15, 0.2) is 0 Å². The van der Waals surface area contributed by atoms with Crippen LogP contribution in [0.3, 0.4) is 0 Å². The summed E-state index contributed by atoms with van der Waals surface area (Å²) in [6.45, 7) is 9.54. The fourth-order valence-corrected chi connectivity index (χ4v) is 6.18. The van der Waals surface area contributed by atoms with Crippen molar-refractivity contribution in [2.75, 3.05) is 0 Å². The van der Waals surface area contributed by atoms with Crippen LogP contribution in [0.25, 0.3) is 0 Å². The molecule has 0 atom stereocenters. The SMILES string of the molecule is C[CH2][Ti]([CH2]C)([CH2]C)[CH2]C.O. The van der Waals surface area contributed by atoms with Crippen LogP contribution in [0.4, 0.5) is 0 Å².